The van der Waals surface area contributed by atoms with Gasteiger partial charge in [0.05, 0.1) is 16.1 Å². The largest absolute Gasteiger partial charge is 0.377 e. The first-order chi connectivity index (χ1) is 9.11. The zero-order valence-corrected chi connectivity index (χ0v) is 11.5. The Morgan fingerprint density at radius 1 is 1.16 bits per heavy atom. The molecule has 3 N–H and O–H groups in total. The lowest BCUT2D eigenvalue weighted by molar-refractivity contribution is 0.627. The molecule has 19 heavy (non-hydrogen) atoms. The van der Waals surface area contributed by atoms with Gasteiger partial charge in [0.25, 0.3) is 0 Å². The van der Waals surface area contributed by atoms with Crippen LogP contribution in [0.4, 0.5) is 10.1 Å². The van der Waals surface area contributed by atoms with E-state index in [1.807, 2.05) is 6.07 Å². The zero-order valence-electron chi connectivity index (χ0n) is 10.0. The van der Waals surface area contributed by atoms with Gasteiger partial charge in [-0.25, -0.2) is 4.39 Å². The summed E-state index contributed by atoms with van der Waals surface area (Å²) in [6.45, 7) is 0.316. The van der Waals surface area contributed by atoms with E-state index in [2.05, 4.69) is 5.32 Å². The average molecular weight is 299 g/mol. The van der Waals surface area contributed by atoms with Gasteiger partial charge in [0, 0.05) is 12.2 Å². The Labute approximate surface area is 121 Å². The molecule has 2 aromatic rings. The van der Waals surface area contributed by atoms with E-state index < -0.39 is 0 Å². The Morgan fingerprint density at radius 3 is 2.58 bits per heavy atom. The van der Waals surface area contributed by atoms with Crippen LogP contribution in [-0.2, 0) is 0 Å². The van der Waals surface area contributed by atoms with Crippen molar-refractivity contribution in [3.8, 4) is 0 Å². The van der Waals surface area contributed by atoms with Crippen molar-refractivity contribution in [2.24, 2.45) is 5.73 Å². The van der Waals surface area contributed by atoms with Crippen molar-refractivity contribution in [3.05, 3.63) is 63.9 Å². The molecule has 100 valence electrons. The fourth-order valence-corrected chi connectivity index (χ4v) is 2.27. The van der Waals surface area contributed by atoms with Crippen molar-refractivity contribution in [1.29, 1.82) is 0 Å². The van der Waals surface area contributed by atoms with E-state index in [4.69, 9.17) is 28.9 Å². The van der Waals surface area contributed by atoms with E-state index in [9.17, 15) is 4.39 Å². The van der Waals surface area contributed by atoms with Crippen molar-refractivity contribution in [2.45, 2.75) is 6.04 Å². The van der Waals surface area contributed by atoms with Crippen LogP contribution >= 0.6 is 23.2 Å². The molecule has 1 atom stereocenters. The molecule has 2 rings (SSSR count). The van der Waals surface area contributed by atoms with Crippen LogP contribution in [0.25, 0.3) is 0 Å². The van der Waals surface area contributed by atoms with Gasteiger partial charge in [0.15, 0.2) is 0 Å². The molecule has 1 unspecified atom stereocenters. The lowest BCUT2D eigenvalue weighted by Gasteiger charge is -2.20. The van der Waals surface area contributed by atoms with Crippen LogP contribution in [0.5, 0.6) is 0 Å². The maximum atomic E-state index is 13.1. The van der Waals surface area contributed by atoms with E-state index in [-0.39, 0.29) is 11.9 Å². The van der Waals surface area contributed by atoms with Crippen LogP contribution in [0, 0.1) is 5.82 Å². The Kier molecular flexibility index (Phi) is 4.64. The quantitative estimate of drug-likeness (QED) is 0.886. The van der Waals surface area contributed by atoms with Gasteiger partial charge in [-0.2, -0.15) is 0 Å². The molecule has 2 aromatic carbocycles. The standard InChI is InChI=1S/C14H13Cl2FN2/c15-12-6-2-5-11(14(12)16)13(8-18)19-10-4-1-3-9(17)7-10/h1-7,13,19H,8,18H2. The van der Waals surface area contributed by atoms with Crippen LogP contribution in [0.1, 0.15) is 11.6 Å². The van der Waals surface area contributed by atoms with E-state index in [1.54, 1.807) is 24.3 Å². The molecule has 0 saturated carbocycles. The number of halogens is 3. The number of anilines is 1. The van der Waals surface area contributed by atoms with Gasteiger partial charge >= 0.3 is 0 Å². The van der Waals surface area contributed by atoms with Crippen molar-refractivity contribution in [3.63, 3.8) is 0 Å². The lowest BCUT2D eigenvalue weighted by atomic mass is 10.1. The third-order valence-electron chi connectivity index (χ3n) is 2.76. The second-order valence-electron chi connectivity index (χ2n) is 4.09. The highest BCUT2D eigenvalue weighted by molar-refractivity contribution is 6.42. The molecule has 0 spiro atoms. The van der Waals surface area contributed by atoms with Crippen molar-refractivity contribution < 1.29 is 4.39 Å². The van der Waals surface area contributed by atoms with E-state index in [0.29, 0.717) is 22.3 Å². The molecular weight excluding hydrogens is 286 g/mol. The Balaban J connectivity index is 2.28. The van der Waals surface area contributed by atoms with Crippen LogP contribution in [0.2, 0.25) is 10.0 Å². The molecule has 0 bridgehead atoms. The summed E-state index contributed by atoms with van der Waals surface area (Å²) < 4.78 is 13.1. The first kappa shape index (κ1) is 14.1. The molecule has 0 saturated heterocycles. The highest BCUT2D eigenvalue weighted by Gasteiger charge is 2.15. The lowest BCUT2D eigenvalue weighted by Crippen LogP contribution is -2.21. The maximum absolute atomic E-state index is 13.1. The third-order valence-corrected chi connectivity index (χ3v) is 3.59. The summed E-state index contributed by atoms with van der Waals surface area (Å²) in [5, 5.41) is 4.08. The number of hydrogen-bond donors (Lipinski definition) is 2. The summed E-state index contributed by atoms with van der Waals surface area (Å²) in [5.74, 6) is -0.307. The molecule has 2 nitrogen and oxygen atoms in total. The molecule has 0 aliphatic carbocycles. The zero-order chi connectivity index (χ0) is 13.8. The second kappa shape index (κ2) is 6.24. The van der Waals surface area contributed by atoms with Crippen LogP contribution in [0.15, 0.2) is 42.5 Å². The molecule has 0 amide bonds. The highest BCUT2D eigenvalue weighted by atomic mass is 35.5. The first-order valence-electron chi connectivity index (χ1n) is 5.78. The second-order valence-corrected chi connectivity index (χ2v) is 4.87. The molecule has 0 aromatic heterocycles. The normalized spacial score (nSPS) is 12.2. The number of nitrogens with one attached hydrogen (secondary N) is 1. The summed E-state index contributed by atoms with van der Waals surface area (Å²) in [7, 11) is 0. The summed E-state index contributed by atoms with van der Waals surface area (Å²) in [6, 6.07) is 11.3. The first-order valence-corrected chi connectivity index (χ1v) is 6.53. The van der Waals surface area contributed by atoms with Gasteiger partial charge < -0.3 is 11.1 Å². The number of nitrogens with two attached hydrogens (primary N) is 1. The molecular formula is C14H13Cl2FN2. The fourth-order valence-electron chi connectivity index (χ4n) is 1.83. The minimum Gasteiger partial charge on any atom is -0.377 e. The predicted molar refractivity (Wildman–Crippen MR) is 78.3 cm³/mol. The minimum absolute atomic E-state index is 0.229. The van der Waals surface area contributed by atoms with Gasteiger partial charge in [0.1, 0.15) is 5.82 Å². The van der Waals surface area contributed by atoms with Gasteiger partial charge in [-0.3, -0.25) is 0 Å². The van der Waals surface area contributed by atoms with Gasteiger partial charge in [-0.1, -0.05) is 41.4 Å². The molecule has 5 heteroatoms. The van der Waals surface area contributed by atoms with E-state index in [0.717, 1.165) is 5.56 Å². The predicted octanol–water partition coefficient (Wildman–Crippen LogP) is 4.24. The summed E-state index contributed by atoms with van der Waals surface area (Å²) in [4.78, 5) is 0. The number of rotatable bonds is 4. The Bertz CT molecular complexity index is 575. The number of benzene rings is 2. The van der Waals surface area contributed by atoms with Gasteiger partial charge in [-0.05, 0) is 29.8 Å². The fraction of sp³-hybridized carbons (Fsp3) is 0.143. The SMILES string of the molecule is NCC(Nc1cccc(F)c1)c1cccc(Cl)c1Cl. The average Bonchev–Trinajstić information content (AvgIpc) is 2.40. The number of hydrogen-bond acceptors (Lipinski definition) is 2. The highest BCUT2D eigenvalue weighted by Crippen LogP contribution is 2.31. The van der Waals surface area contributed by atoms with E-state index in [1.165, 1.54) is 12.1 Å². The van der Waals surface area contributed by atoms with Gasteiger partial charge in [0.2, 0.25) is 0 Å². The Hall–Kier alpha value is -1.29. The third kappa shape index (κ3) is 3.38. The Morgan fingerprint density at radius 2 is 1.89 bits per heavy atom. The maximum Gasteiger partial charge on any atom is 0.125 e. The van der Waals surface area contributed by atoms with Crippen LogP contribution < -0.4 is 11.1 Å². The summed E-state index contributed by atoms with van der Waals surface area (Å²) >= 11 is 12.1. The smallest absolute Gasteiger partial charge is 0.125 e. The van der Waals surface area contributed by atoms with Crippen molar-refractivity contribution in [1.82, 2.24) is 0 Å². The molecule has 0 heterocycles. The van der Waals surface area contributed by atoms with Crippen LogP contribution in [-0.4, -0.2) is 6.54 Å². The summed E-state index contributed by atoms with van der Waals surface area (Å²) in [6.07, 6.45) is 0. The molecule has 0 aliphatic heterocycles. The molecule has 0 radical (unpaired) electrons. The summed E-state index contributed by atoms with van der Waals surface area (Å²) in [5.41, 5.74) is 7.19. The van der Waals surface area contributed by atoms with E-state index >= 15 is 0 Å². The molecule has 0 aliphatic rings. The van der Waals surface area contributed by atoms with Crippen LogP contribution in [0.3, 0.4) is 0 Å². The topological polar surface area (TPSA) is 38.0 Å². The van der Waals surface area contributed by atoms with Gasteiger partial charge in [-0.15, -0.1) is 0 Å². The van der Waals surface area contributed by atoms with Crippen molar-refractivity contribution >= 4 is 28.9 Å². The minimum atomic E-state index is -0.307. The van der Waals surface area contributed by atoms with Crippen molar-refractivity contribution in [2.75, 3.05) is 11.9 Å². The monoisotopic (exact) mass is 298 g/mol. The molecule has 0 fully saturated rings.